The van der Waals surface area contributed by atoms with Gasteiger partial charge in [-0.2, -0.15) is 0 Å². The standard InChI is InChI=1S/C32H28N4O5/c1-17(2)16-24-26-27(30(40)35(29(26)39)19-12-14-20(15-13-19)41-18(3)37)32(34-24)22-9-5-7-11-25(22)36-28(38)21-8-4-6-10-23(21)33-31(32)36/h4-15,17,24,26-27,34H,16H2,1-3H3/t24-,26+,27-,32-/m1/s1. The number of nitrogens with zero attached hydrogens (tertiary/aromatic N) is 3. The van der Waals surface area contributed by atoms with Crippen LogP contribution in [0.2, 0.25) is 0 Å². The first kappa shape index (κ1) is 25.3. The lowest BCUT2D eigenvalue weighted by molar-refractivity contribution is -0.132. The Labute approximate surface area is 235 Å². The van der Waals surface area contributed by atoms with Crippen molar-refractivity contribution in [2.45, 2.75) is 38.8 Å². The molecule has 0 aliphatic carbocycles. The van der Waals surface area contributed by atoms with Gasteiger partial charge in [-0.05, 0) is 54.8 Å². The number of hydrogen-bond acceptors (Lipinski definition) is 7. The summed E-state index contributed by atoms with van der Waals surface area (Å²) in [7, 11) is 0. The van der Waals surface area contributed by atoms with E-state index in [1.54, 1.807) is 47.0 Å². The highest BCUT2D eigenvalue weighted by atomic mass is 16.5. The fourth-order valence-electron chi connectivity index (χ4n) is 7.01. The van der Waals surface area contributed by atoms with Gasteiger partial charge in [0, 0.05) is 18.5 Å². The summed E-state index contributed by atoms with van der Waals surface area (Å²) in [5.74, 6) is -1.61. The molecule has 2 saturated heterocycles. The van der Waals surface area contributed by atoms with Crippen molar-refractivity contribution >= 4 is 34.4 Å². The van der Waals surface area contributed by atoms with Crippen LogP contribution in [0.15, 0.2) is 77.6 Å². The highest BCUT2D eigenvalue weighted by molar-refractivity contribution is 6.23. The van der Waals surface area contributed by atoms with E-state index in [1.165, 1.54) is 11.8 Å². The van der Waals surface area contributed by atoms with Crippen LogP contribution in [0.25, 0.3) is 16.6 Å². The fraction of sp³-hybridized carbons (Fsp3) is 0.281. The van der Waals surface area contributed by atoms with Crippen molar-refractivity contribution in [1.82, 2.24) is 14.9 Å². The highest BCUT2D eigenvalue weighted by Crippen LogP contribution is 2.56. The third kappa shape index (κ3) is 3.48. The zero-order valence-electron chi connectivity index (χ0n) is 22.8. The van der Waals surface area contributed by atoms with E-state index in [2.05, 4.69) is 19.2 Å². The van der Waals surface area contributed by atoms with E-state index in [0.717, 1.165) is 5.56 Å². The van der Waals surface area contributed by atoms with Crippen LogP contribution >= 0.6 is 0 Å². The molecule has 2 amide bonds. The van der Waals surface area contributed by atoms with Crippen molar-refractivity contribution in [3.8, 4) is 11.4 Å². The highest BCUT2D eigenvalue weighted by Gasteiger charge is 2.69. The number of aromatic nitrogens is 2. The summed E-state index contributed by atoms with van der Waals surface area (Å²) in [6.07, 6.45) is 0.654. The first-order valence-corrected chi connectivity index (χ1v) is 13.8. The number of carbonyl (C=O) groups excluding carboxylic acids is 3. The van der Waals surface area contributed by atoms with Crippen molar-refractivity contribution in [3.63, 3.8) is 0 Å². The van der Waals surface area contributed by atoms with E-state index in [0.29, 0.717) is 40.3 Å². The predicted octanol–water partition coefficient (Wildman–Crippen LogP) is 3.69. The molecule has 4 atom stereocenters. The molecule has 3 aliphatic rings. The number of rotatable bonds is 4. The van der Waals surface area contributed by atoms with Gasteiger partial charge in [0.25, 0.3) is 5.56 Å². The van der Waals surface area contributed by atoms with Crippen LogP contribution in [0.4, 0.5) is 5.69 Å². The molecule has 3 aliphatic heterocycles. The average Bonchev–Trinajstić information content (AvgIpc) is 3.52. The van der Waals surface area contributed by atoms with Gasteiger partial charge in [-0.15, -0.1) is 0 Å². The molecule has 0 radical (unpaired) electrons. The SMILES string of the molecule is CC(=O)Oc1ccc(N2C(=O)[C@H]3[C@@H](CC(C)C)N[C@]4(c5ccccc5-n5c4nc4ccccc4c5=O)[C@H]3C2=O)cc1. The quantitative estimate of drug-likeness (QED) is 0.235. The predicted molar refractivity (Wildman–Crippen MR) is 152 cm³/mol. The molecule has 2 fully saturated rings. The van der Waals surface area contributed by atoms with Crippen molar-refractivity contribution in [2.24, 2.45) is 17.8 Å². The van der Waals surface area contributed by atoms with E-state index in [4.69, 9.17) is 9.72 Å². The van der Waals surface area contributed by atoms with E-state index >= 15 is 0 Å². The Kier molecular flexibility index (Phi) is 5.53. The summed E-state index contributed by atoms with van der Waals surface area (Å²) < 4.78 is 6.75. The number of hydrogen-bond donors (Lipinski definition) is 1. The minimum absolute atomic E-state index is 0.213. The van der Waals surface area contributed by atoms with E-state index < -0.39 is 23.3 Å². The third-order valence-corrected chi connectivity index (χ3v) is 8.44. The molecule has 41 heavy (non-hydrogen) atoms. The molecular weight excluding hydrogens is 520 g/mol. The number of fused-ring (bicyclic) bond motifs is 8. The van der Waals surface area contributed by atoms with Gasteiger partial charge < -0.3 is 4.74 Å². The number of carbonyl (C=O) groups is 3. The van der Waals surface area contributed by atoms with Gasteiger partial charge in [0.05, 0.1) is 34.1 Å². The molecule has 9 heteroatoms. The lowest BCUT2D eigenvalue weighted by Gasteiger charge is -2.32. The van der Waals surface area contributed by atoms with Crippen LogP contribution in [0.5, 0.6) is 5.75 Å². The third-order valence-electron chi connectivity index (χ3n) is 8.44. The Morgan fingerprint density at radius 2 is 1.68 bits per heavy atom. The summed E-state index contributed by atoms with van der Waals surface area (Å²) in [4.78, 5) is 60.2. The summed E-state index contributed by atoms with van der Waals surface area (Å²) in [5.41, 5.74) is 0.967. The molecule has 1 spiro atoms. The van der Waals surface area contributed by atoms with Gasteiger partial charge >= 0.3 is 5.97 Å². The molecule has 1 N–H and O–H groups in total. The molecule has 9 nitrogen and oxygen atoms in total. The Morgan fingerprint density at radius 1 is 0.976 bits per heavy atom. The van der Waals surface area contributed by atoms with E-state index in [1.807, 2.05) is 30.3 Å². The van der Waals surface area contributed by atoms with Gasteiger partial charge in [-0.3, -0.25) is 29.1 Å². The molecular formula is C32H28N4O5. The lowest BCUT2D eigenvalue weighted by atomic mass is 9.75. The van der Waals surface area contributed by atoms with Crippen LogP contribution in [0.3, 0.4) is 0 Å². The number of benzene rings is 3. The van der Waals surface area contributed by atoms with Crippen molar-refractivity contribution < 1.29 is 19.1 Å². The molecule has 0 saturated carbocycles. The first-order chi connectivity index (χ1) is 19.7. The minimum atomic E-state index is -1.18. The average molecular weight is 549 g/mol. The maximum absolute atomic E-state index is 14.5. The van der Waals surface area contributed by atoms with Gasteiger partial charge in [0.2, 0.25) is 11.8 Å². The number of anilines is 1. The summed E-state index contributed by atoms with van der Waals surface area (Å²) >= 11 is 0. The largest absolute Gasteiger partial charge is 0.427 e. The van der Waals surface area contributed by atoms with Crippen molar-refractivity contribution in [3.05, 3.63) is 94.5 Å². The van der Waals surface area contributed by atoms with E-state index in [-0.39, 0.29) is 29.3 Å². The Bertz CT molecular complexity index is 1830. The molecule has 3 aromatic carbocycles. The van der Waals surface area contributed by atoms with Gasteiger partial charge in [-0.25, -0.2) is 9.88 Å². The van der Waals surface area contributed by atoms with Crippen LogP contribution in [-0.2, 0) is 19.9 Å². The maximum atomic E-state index is 14.5. The monoisotopic (exact) mass is 548 g/mol. The number of ether oxygens (including phenoxy) is 1. The number of esters is 1. The van der Waals surface area contributed by atoms with Gasteiger partial charge in [0.1, 0.15) is 17.1 Å². The smallest absolute Gasteiger partial charge is 0.308 e. The lowest BCUT2D eigenvalue weighted by Crippen LogP contribution is -2.50. The topological polar surface area (TPSA) is 111 Å². The number of amides is 2. The summed E-state index contributed by atoms with van der Waals surface area (Å²) in [5, 5.41) is 4.21. The number of para-hydroxylation sites is 2. The molecule has 0 bridgehead atoms. The maximum Gasteiger partial charge on any atom is 0.308 e. The number of imide groups is 1. The van der Waals surface area contributed by atoms with E-state index in [9.17, 15) is 19.2 Å². The minimum Gasteiger partial charge on any atom is -0.427 e. The van der Waals surface area contributed by atoms with Gasteiger partial charge in [-0.1, -0.05) is 44.2 Å². The van der Waals surface area contributed by atoms with Crippen LogP contribution in [0, 0.1) is 17.8 Å². The second-order valence-electron chi connectivity index (χ2n) is 11.4. The van der Waals surface area contributed by atoms with Crippen molar-refractivity contribution in [1.29, 1.82) is 0 Å². The molecule has 4 aromatic rings. The van der Waals surface area contributed by atoms with Crippen LogP contribution < -0.4 is 20.5 Å². The second kappa shape index (κ2) is 8.94. The Balaban J connectivity index is 1.45. The molecule has 0 unspecified atom stereocenters. The van der Waals surface area contributed by atoms with Gasteiger partial charge in [0.15, 0.2) is 0 Å². The summed E-state index contributed by atoms with van der Waals surface area (Å²) in [6, 6.07) is 20.7. The molecule has 4 heterocycles. The van der Waals surface area contributed by atoms with Crippen molar-refractivity contribution in [2.75, 3.05) is 4.90 Å². The molecule has 1 aromatic heterocycles. The second-order valence-corrected chi connectivity index (χ2v) is 11.4. The zero-order valence-corrected chi connectivity index (χ0v) is 22.8. The zero-order chi connectivity index (χ0) is 28.6. The number of nitrogens with one attached hydrogen (secondary N) is 1. The fourth-order valence-corrected chi connectivity index (χ4v) is 7.01. The molecule has 206 valence electrons. The Morgan fingerprint density at radius 3 is 2.41 bits per heavy atom. The van der Waals surface area contributed by atoms with Crippen LogP contribution in [-0.4, -0.2) is 33.4 Å². The summed E-state index contributed by atoms with van der Waals surface area (Å²) in [6.45, 7) is 5.48. The Hall–Kier alpha value is -4.63. The molecule has 7 rings (SSSR count). The van der Waals surface area contributed by atoms with Crippen LogP contribution in [0.1, 0.15) is 38.6 Å². The first-order valence-electron chi connectivity index (χ1n) is 13.8. The normalized spacial score (nSPS) is 24.3.